The second-order valence-electron chi connectivity index (χ2n) is 4.51. The lowest BCUT2D eigenvalue weighted by atomic mass is 10.1. The number of nitrogen functional groups attached to an aromatic ring is 1. The smallest absolute Gasteiger partial charge is 0.255 e. The van der Waals surface area contributed by atoms with Crippen LogP contribution in [0.5, 0.6) is 5.75 Å². The quantitative estimate of drug-likeness (QED) is 0.854. The summed E-state index contributed by atoms with van der Waals surface area (Å²) in [4.78, 5) is 12.1. The summed E-state index contributed by atoms with van der Waals surface area (Å²) in [6, 6.07) is 6.97. The fraction of sp³-hybridized carbons (Fsp3) is 0.133. The number of carbonyl (C=O) groups is 1. The van der Waals surface area contributed by atoms with E-state index in [0.717, 1.165) is 17.7 Å². The van der Waals surface area contributed by atoms with Gasteiger partial charge in [-0.05, 0) is 36.8 Å². The van der Waals surface area contributed by atoms with E-state index in [0.29, 0.717) is 11.4 Å². The van der Waals surface area contributed by atoms with Crippen LogP contribution in [-0.4, -0.2) is 13.0 Å². The Morgan fingerprint density at radius 2 is 1.81 bits per heavy atom. The molecule has 2 rings (SSSR count). The molecule has 4 nitrogen and oxygen atoms in total. The lowest BCUT2D eigenvalue weighted by molar-refractivity contribution is 0.102. The lowest BCUT2D eigenvalue weighted by Gasteiger charge is -2.11. The molecule has 0 bridgehead atoms. The third-order valence-corrected chi connectivity index (χ3v) is 2.94. The summed E-state index contributed by atoms with van der Waals surface area (Å²) < 4.78 is 31.9. The highest BCUT2D eigenvalue weighted by molar-refractivity contribution is 6.05. The van der Waals surface area contributed by atoms with E-state index in [1.165, 1.54) is 7.11 Å². The van der Waals surface area contributed by atoms with Gasteiger partial charge in [-0.1, -0.05) is 6.07 Å². The van der Waals surface area contributed by atoms with Crippen molar-refractivity contribution in [3.63, 3.8) is 0 Å². The Morgan fingerprint density at radius 3 is 2.38 bits per heavy atom. The molecule has 0 radical (unpaired) electrons. The van der Waals surface area contributed by atoms with E-state index < -0.39 is 23.2 Å². The molecule has 110 valence electrons. The van der Waals surface area contributed by atoms with Crippen LogP contribution in [0.2, 0.25) is 0 Å². The van der Waals surface area contributed by atoms with E-state index in [1.807, 2.05) is 13.0 Å². The topological polar surface area (TPSA) is 64.3 Å². The Labute approximate surface area is 120 Å². The first-order chi connectivity index (χ1) is 9.92. The molecule has 0 aliphatic carbocycles. The van der Waals surface area contributed by atoms with Crippen molar-refractivity contribution in [2.75, 3.05) is 18.2 Å². The van der Waals surface area contributed by atoms with Gasteiger partial charge in [-0.25, -0.2) is 8.78 Å². The Balaban J connectivity index is 2.32. The maximum Gasteiger partial charge on any atom is 0.255 e. The fourth-order valence-electron chi connectivity index (χ4n) is 1.83. The van der Waals surface area contributed by atoms with Crippen molar-refractivity contribution in [1.82, 2.24) is 0 Å². The highest BCUT2D eigenvalue weighted by atomic mass is 19.1. The normalized spacial score (nSPS) is 10.3. The molecule has 1 amide bonds. The Hall–Kier alpha value is -2.63. The number of rotatable bonds is 3. The zero-order valence-corrected chi connectivity index (χ0v) is 11.5. The van der Waals surface area contributed by atoms with Crippen LogP contribution in [0.4, 0.5) is 20.2 Å². The predicted molar refractivity (Wildman–Crippen MR) is 76.5 cm³/mol. The molecule has 0 spiro atoms. The number of nitrogens with two attached hydrogens (primary N) is 1. The molecule has 0 saturated heterocycles. The summed E-state index contributed by atoms with van der Waals surface area (Å²) in [7, 11) is 1.46. The summed E-state index contributed by atoms with van der Waals surface area (Å²) in [5, 5.41) is 2.55. The van der Waals surface area contributed by atoms with Crippen molar-refractivity contribution in [1.29, 1.82) is 0 Å². The van der Waals surface area contributed by atoms with E-state index in [4.69, 9.17) is 10.5 Å². The Bertz CT molecular complexity index is 679. The van der Waals surface area contributed by atoms with Gasteiger partial charge in [0.25, 0.3) is 5.91 Å². The minimum Gasteiger partial charge on any atom is -0.495 e. The molecule has 0 aliphatic rings. The fourth-order valence-corrected chi connectivity index (χ4v) is 1.83. The summed E-state index contributed by atoms with van der Waals surface area (Å²) in [5.74, 6) is -2.16. The molecule has 2 aromatic carbocycles. The number of hydrogen-bond donors (Lipinski definition) is 2. The molecule has 0 heterocycles. The molecule has 0 aliphatic heterocycles. The van der Waals surface area contributed by atoms with E-state index in [1.54, 1.807) is 12.1 Å². The SMILES string of the molecule is COc1ccc(C)cc1NC(=O)c1cc(F)c(N)c(F)c1. The number of aryl methyl sites for hydroxylation is 1. The third-order valence-electron chi connectivity index (χ3n) is 2.94. The highest BCUT2D eigenvalue weighted by Crippen LogP contribution is 2.26. The van der Waals surface area contributed by atoms with Gasteiger partial charge >= 0.3 is 0 Å². The number of anilines is 2. The van der Waals surface area contributed by atoms with Gasteiger partial charge in [-0.15, -0.1) is 0 Å². The second kappa shape index (κ2) is 5.78. The number of nitrogens with one attached hydrogen (secondary N) is 1. The van der Waals surface area contributed by atoms with Crippen molar-refractivity contribution < 1.29 is 18.3 Å². The molecule has 0 aromatic heterocycles. The molecule has 6 heteroatoms. The van der Waals surface area contributed by atoms with Crippen LogP contribution in [0.3, 0.4) is 0 Å². The zero-order valence-electron chi connectivity index (χ0n) is 11.5. The van der Waals surface area contributed by atoms with Crippen LogP contribution >= 0.6 is 0 Å². The minimum absolute atomic E-state index is 0.164. The molecule has 2 aromatic rings. The van der Waals surface area contributed by atoms with Gasteiger partial charge in [0.15, 0.2) is 0 Å². The summed E-state index contributed by atoms with van der Waals surface area (Å²) in [6.45, 7) is 1.84. The van der Waals surface area contributed by atoms with E-state index in [-0.39, 0.29) is 5.56 Å². The molecule has 0 saturated carbocycles. The van der Waals surface area contributed by atoms with Crippen molar-refractivity contribution in [3.05, 3.63) is 53.1 Å². The van der Waals surface area contributed by atoms with Crippen LogP contribution < -0.4 is 15.8 Å². The van der Waals surface area contributed by atoms with Gasteiger partial charge < -0.3 is 15.8 Å². The Morgan fingerprint density at radius 1 is 1.19 bits per heavy atom. The molecule has 0 atom stereocenters. The van der Waals surface area contributed by atoms with Crippen LogP contribution in [0.1, 0.15) is 15.9 Å². The standard InChI is InChI=1S/C15H14F2N2O2/c1-8-3-4-13(21-2)12(5-8)19-15(20)9-6-10(16)14(18)11(17)7-9/h3-7H,18H2,1-2H3,(H,19,20). The minimum atomic E-state index is -0.976. The lowest BCUT2D eigenvalue weighted by Crippen LogP contribution is -2.14. The average molecular weight is 292 g/mol. The third kappa shape index (κ3) is 3.10. The molecular formula is C15H14F2N2O2. The maximum absolute atomic E-state index is 13.4. The van der Waals surface area contributed by atoms with Gasteiger partial charge in [0.1, 0.15) is 23.1 Å². The predicted octanol–water partition coefficient (Wildman–Crippen LogP) is 3.12. The number of methoxy groups -OCH3 is 1. The van der Waals surface area contributed by atoms with Gasteiger partial charge in [0.05, 0.1) is 12.8 Å². The van der Waals surface area contributed by atoms with Crippen molar-refractivity contribution in [3.8, 4) is 5.75 Å². The number of carbonyl (C=O) groups excluding carboxylic acids is 1. The number of ether oxygens (including phenoxy) is 1. The Kier molecular flexibility index (Phi) is 4.07. The number of halogens is 2. The monoisotopic (exact) mass is 292 g/mol. The van der Waals surface area contributed by atoms with Crippen molar-refractivity contribution in [2.45, 2.75) is 6.92 Å². The van der Waals surface area contributed by atoms with Gasteiger partial charge in [0, 0.05) is 5.56 Å². The van der Waals surface area contributed by atoms with Crippen LogP contribution in [-0.2, 0) is 0 Å². The van der Waals surface area contributed by atoms with Gasteiger partial charge in [0.2, 0.25) is 0 Å². The largest absolute Gasteiger partial charge is 0.495 e. The molecule has 3 N–H and O–H groups in total. The molecule has 21 heavy (non-hydrogen) atoms. The van der Waals surface area contributed by atoms with E-state index >= 15 is 0 Å². The summed E-state index contributed by atoms with van der Waals surface area (Å²) in [5.41, 5.74) is 5.71. The van der Waals surface area contributed by atoms with Gasteiger partial charge in [-0.2, -0.15) is 0 Å². The van der Waals surface area contributed by atoms with Gasteiger partial charge in [-0.3, -0.25) is 4.79 Å². The summed E-state index contributed by atoms with van der Waals surface area (Å²) in [6.07, 6.45) is 0. The highest BCUT2D eigenvalue weighted by Gasteiger charge is 2.15. The van der Waals surface area contributed by atoms with Crippen LogP contribution in [0.15, 0.2) is 30.3 Å². The van der Waals surface area contributed by atoms with E-state index in [2.05, 4.69) is 5.32 Å². The van der Waals surface area contributed by atoms with Crippen LogP contribution in [0.25, 0.3) is 0 Å². The zero-order chi connectivity index (χ0) is 15.6. The number of amides is 1. The first-order valence-electron chi connectivity index (χ1n) is 6.13. The second-order valence-corrected chi connectivity index (χ2v) is 4.51. The number of hydrogen-bond acceptors (Lipinski definition) is 3. The molecule has 0 fully saturated rings. The van der Waals surface area contributed by atoms with E-state index in [9.17, 15) is 13.6 Å². The maximum atomic E-state index is 13.4. The first-order valence-corrected chi connectivity index (χ1v) is 6.13. The van der Waals surface area contributed by atoms with Crippen molar-refractivity contribution in [2.24, 2.45) is 0 Å². The molecule has 0 unspecified atom stereocenters. The average Bonchev–Trinajstić information content (AvgIpc) is 2.44. The van der Waals surface area contributed by atoms with Crippen LogP contribution in [0, 0.1) is 18.6 Å². The molecular weight excluding hydrogens is 278 g/mol. The number of benzene rings is 2. The van der Waals surface area contributed by atoms with Crippen molar-refractivity contribution >= 4 is 17.3 Å². The first kappa shape index (κ1) is 14.8. The summed E-state index contributed by atoms with van der Waals surface area (Å²) >= 11 is 0.